The minimum absolute atomic E-state index is 0. The van der Waals surface area contributed by atoms with E-state index >= 15 is 0 Å². The molecule has 0 aliphatic carbocycles. The molecule has 1 aromatic rings. The second-order valence-corrected chi connectivity index (χ2v) is 6.07. The fraction of sp³-hybridized carbons (Fsp3) is 0.636. The molecule has 0 bridgehead atoms. The smallest absolute Gasteiger partial charge is 0.112 e. The monoisotopic (exact) mass is 314 g/mol. The van der Waals surface area contributed by atoms with Crippen molar-refractivity contribution in [1.29, 1.82) is 0 Å². The van der Waals surface area contributed by atoms with Gasteiger partial charge in [0.05, 0.1) is 5.02 Å². The zero-order valence-corrected chi connectivity index (χ0v) is 12.9. The van der Waals surface area contributed by atoms with Gasteiger partial charge in [-0.05, 0) is 37.4 Å². The van der Waals surface area contributed by atoms with Crippen molar-refractivity contribution < 1.29 is 0 Å². The lowest BCUT2D eigenvalue weighted by atomic mass is 10.1. The van der Waals surface area contributed by atoms with Crippen LogP contribution >= 0.6 is 46.9 Å². The Hall–Kier alpha value is 0.490. The van der Waals surface area contributed by atoms with E-state index in [-0.39, 0.29) is 12.4 Å². The second-order valence-electron chi connectivity index (χ2n) is 4.21. The fourth-order valence-electron chi connectivity index (χ4n) is 2.13. The third kappa shape index (κ3) is 3.98. The lowest BCUT2D eigenvalue weighted by Gasteiger charge is -2.32. The fourth-order valence-corrected chi connectivity index (χ4v) is 3.38. The molecule has 1 saturated heterocycles. The van der Waals surface area contributed by atoms with E-state index in [1.54, 1.807) is 0 Å². The van der Waals surface area contributed by atoms with Gasteiger partial charge in [-0.25, -0.2) is 0 Å². The second kappa shape index (κ2) is 7.17. The number of thiophene rings is 1. The number of rotatable bonds is 3. The SMILES string of the molecule is CNC1CCCN(Cc2csc(Cl)c2Cl)C1.Cl. The molecule has 1 aliphatic rings. The van der Waals surface area contributed by atoms with Crippen LogP contribution in [0.5, 0.6) is 0 Å². The van der Waals surface area contributed by atoms with Gasteiger partial charge in [0, 0.05) is 19.1 Å². The van der Waals surface area contributed by atoms with E-state index in [4.69, 9.17) is 23.2 Å². The number of piperidine rings is 1. The summed E-state index contributed by atoms with van der Waals surface area (Å²) in [4.78, 5) is 2.44. The highest BCUT2D eigenvalue weighted by molar-refractivity contribution is 7.15. The van der Waals surface area contributed by atoms with Gasteiger partial charge in [-0.15, -0.1) is 23.7 Å². The van der Waals surface area contributed by atoms with Crippen molar-refractivity contribution >= 4 is 46.9 Å². The maximum atomic E-state index is 6.13. The van der Waals surface area contributed by atoms with Gasteiger partial charge in [0.1, 0.15) is 4.34 Å². The number of hydrogen-bond acceptors (Lipinski definition) is 3. The number of nitrogens with zero attached hydrogens (tertiary/aromatic N) is 1. The summed E-state index contributed by atoms with van der Waals surface area (Å²) in [7, 11) is 2.03. The van der Waals surface area contributed by atoms with E-state index < -0.39 is 0 Å². The lowest BCUT2D eigenvalue weighted by Crippen LogP contribution is -2.43. The Morgan fingerprint density at radius 3 is 2.88 bits per heavy atom. The van der Waals surface area contributed by atoms with E-state index in [0.29, 0.717) is 10.4 Å². The summed E-state index contributed by atoms with van der Waals surface area (Å²) in [5.41, 5.74) is 1.16. The summed E-state index contributed by atoms with van der Waals surface area (Å²) >= 11 is 13.6. The van der Waals surface area contributed by atoms with Gasteiger partial charge < -0.3 is 5.32 Å². The molecular weight excluding hydrogens is 299 g/mol. The maximum Gasteiger partial charge on any atom is 0.112 e. The van der Waals surface area contributed by atoms with Crippen LogP contribution in [0.4, 0.5) is 0 Å². The number of nitrogens with one attached hydrogen (secondary N) is 1. The van der Waals surface area contributed by atoms with Crippen molar-refractivity contribution in [3.05, 3.63) is 20.3 Å². The molecule has 6 heteroatoms. The van der Waals surface area contributed by atoms with Crippen LogP contribution in [0.2, 0.25) is 9.36 Å². The van der Waals surface area contributed by atoms with Crippen molar-refractivity contribution in [3.8, 4) is 0 Å². The molecule has 98 valence electrons. The molecule has 1 aromatic heterocycles. The quantitative estimate of drug-likeness (QED) is 0.916. The van der Waals surface area contributed by atoms with Crippen molar-refractivity contribution in [2.24, 2.45) is 0 Å². The number of likely N-dealkylation sites (tertiary alicyclic amines) is 1. The Morgan fingerprint density at radius 2 is 2.29 bits per heavy atom. The first kappa shape index (κ1) is 15.5. The van der Waals surface area contributed by atoms with Crippen LogP contribution in [-0.2, 0) is 6.54 Å². The third-order valence-electron chi connectivity index (χ3n) is 3.07. The summed E-state index contributed by atoms with van der Waals surface area (Å²) in [5.74, 6) is 0. The summed E-state index contributed by atoms with van der Waals surface area (Å²) in [5, 5.41) is 6.14. The Bertz CT molecular complexity index is 356. The van der Waals surface area contributed by atoms with Crippen LogP contribution in [0.15, 0.2) is 5.38 Å². The normalized spacial score (nSPS) is 21.2. The van der Waals surface area contributed by atoms with Gasteiger partial charge in [-0.3, -0.25) is 4.90 Å². The highest BCUT2D eigenvalue weighted by atomic mass is 35.5. The van der Waals surface area contributed by atoms with Gasteiger partial charge in [-0.2, -0.15) is 0 Å². The molecule has 0 aromatic carbocycles. The highest BCUT2D eigenvalue weighted by Gasteiger charge is 2.19. The Balaban J connectivity index is 0.00000144. The molecule has 0 saturated carbocycles. The summed E-state index contributed by atoms with van der Waals surface area (Å²) in [6.45, 7) is 3.17. The average Bonchev–Trinajstić information content (AvgIpc) is 2.61. The van der Waals surface area contributed by atoms with Crippen molar-refractivity contribution in [2.45, 2.75) is 25.4 Å². The van der Waals surface area contributed by atoms with E-state index in [1.807, 2.05) is 7.05 Å². The Labute approximate surface area is 123 Å². The molecule has 0 radical (unpaired) electrons. The van der Waals surface area contributed by atoms with Gasteiger partial charge in [0.15, 0.2) is 0 Å². The number of likely N-dealkylation sites (N-methyl/N-ethyl adjacent to an activating group) is 1. The van der Waals surface area contributed by atoms with Crippen LogP contribution in [0, 0.1) is 0 Å². The van der Waals surface area contributed by atoms with Crippen molar-refractivity contribution in [3.63, 3.8) is 0 Å². The van der Waals surface area contributed by atoms with Crippen molar-refractivity contribution in [1.82, 2.24) is 10.2 Å². The minimum Gasteiger partial charge on any atom is -0.316 e. The zero-order chi connectivity index (χ0) is 11.5. The van der Waals surface area contributed by atoms with Crippen LogP contribution in [0.1, 0.15) is 18.4 Å². The first-order valence-electron chi connectivity index (χ1n) is 5.51. The Morgan fingerprint density at radius 1 is 1.53 bits per heavy atom. The zero-order valence-electron chi connectivity index (χ0n) is 9.71. The van der Waals surface area contributed by atoms with E-state index in [9.17, 15) is 0 Å². The largest absolute Gasteiger partial charge is 0.316 e. The number of halogens is 3. The maximum absolute atomic E-state index is 6.13. The molecule has 2 heterocycles. The number of hydrogen-bond donors (Lipinski definition) is 1. The molecule has 0 amide bonds. The molecule has 1 fully saturated rings. The van der Waals surface area contributed by atoms with E-state index in [2.05, 4.69) is 15.6 Å². The molecule has 2 rings (SSSR count). The highest BCUT2D eigenvalue weighted by Crippen LogP contribution is 2.33. The lowest BCUT2D eigenvalue weighted by molar-refractivity contribution is 0.188. The van der Waals surface area contributed by atoms with Crippen LogP contribution < -0.4 is 5.32 Å². The van der Waals surface area contributed by atoms with Crippen molar-refractivity contribution in [2.75, 3.05) is 20.1 Å². The molecular formula is C11H17Cl3N2S. The summed E-state index contributed by atoms with van der Waals surface area (Å²) in [6.07, 6.45) is 2.52. The molecule has 1 unspecified atom stereocenters. The molecule has 0 spiro atoms. The minimum atomic E-state index is 0. The van der Waals surface area contributed by atoms with Crippen LogP contribution in [0.25, 0.3) is 0 Å². The predicted octanol–water partition coefficient (Wildman–Crippen LogP) is 3.66. The topological polar surface area (TPSA) is 15.3 Å². The van der Waals surface area contributed by atoms with Gasteiger partial charge in [0.2, 0.25) is 0 Å². The Kier molecular flexibility index (Phi) is 6.56. The van der Waals surface area contributed by atoms with Gasteiger partial charge >= 0.3 is 0 Å². The first-order valence-corrected chi connectivity index (χ1v) is 7.15. The van der Waals surface area contributed by atoms with Gasteiger partial charge in [-0.1, -0.05) is 23.2 Å². The summed E-state index contributed by atoms with van der Waals surface area (Å²) < 4.78 is 0.707. The standard InChI is InChI=1S/C11H16Cl2N2S.ClH/c1-14-9-3-2-4-15(6-9)5-8-7-16-11(13)10(8)12;/h7,9,14H,2-6H2,1H3;1H. The molecule has 1 aliphatic heterocycles. The molecule has 17 heavy (non-hydrogen) atoms. The molecule has 2 nitrogen and oxygen atoms in total. The molecule has 1 atom stereocenters. The van der Waals surface area contributed by atoms with E-state index in [1.165, 1.54) is 24.2 Å². The van der Waals surface area contributed by atoms with Gasteiger partial charge in [0.25, 0.3) is 0 Å². The van der Waals surface area contributed by atoms with Crippen LogP contribution in [-0.4, -0.2) is 31.1 Å². The predicted molar refractivity (Wildman–Crippen MR) is 78.9 cm³/mol. The first-order chi connectivity index (χ1) is 7.70. The molecule has 1 N–H and O–H groups in total. The summed E-state index contributed by atoms with van der Waals surface area (Å²) in [6, 6.07) is 0.613. The van der Waals surface area contributed by atoms with E-state index in [0.717, 1.165) is 30.2 Å². The third-order valence-corrected chi connectivity index (χ3v) is 4.98. The average molecular weight is 316 g/mol. The van der Waals surface area contributed by atoms with Crippen LogP contribution in [0.3, 0.4) is 0 Å².